The van der Waals surface area contributed by atoms with Crippen LogP contribution in [0.5, 0.6) is 0 Å². The molecule has 10 heteroatoms. The van der Waals surface area contributed by atoms with Gasteiger partial charge in [0, 0.05) is 27.1 Å². The number of esters is 1. The Balaban J connectivity index is 1.26. The summed E-state index contributed by atoms with van der Waals surface area (Å²) in [5.41, 5.74) is 5.24. The second kappa shape index (κ2) is 18.0. The van der Waals surface area contributed by atoms with E-state index in [1.165, 1.54) is 23.1 Å². The molecule has 5 aromatic carbocycles. The number of benzene rings is 5. The Labute approximate surface area is 322 Å². The zero-order chi connectivity index (χ0) is 37.9. The first kappa shape index (κ1) is 37.5. The van der Waals surface area contributed by atoms with Crippen LogP contribution in [0.2, 0.25) is 0 Å². The summed E-state index contributed by atoms with van der Waals surface area (Å²) in [6.45, 7) is 3.86. The van der Waals surface area contributed by atoms with E-state index in [4.69, 9.17) is 4.74 Å². The Bertz CT molecular complexity index is 2290. The maximum Gasteiger partial charge on any atom is 0.341 e. The van der Waals surface area contributed by atoms with Gasteiger partial charge < -0.3 is 20.7 Å². The van der Waals surface area contributed by atoms with Crippen molar-refractivity contribution in [1.29, 1.82) is 0 Å². The number of carbonyl (C=O) groups excluding carboxylic acids is 4. The third-order valence-electron chi connectivity index (χ3n) is 8.30. The minimum absolute atomic E-state index is 0.0703. The first-order valence-electron chi connectivity index (χ1n) is 17.2. The van der Waals surface area contributed by atoms with Gasteiger partial charge in [-0.3, -0.25) is 14.4 Å². The van der Waals surface area contributed by atoms with Crippen LogP contribution in [0, 0.1) is 6.92 Å². The molecule has 1 atom stereocenters. The minimum Gasteiger partial charge on any atom is -0.462 e. The van der Waals surface area contributed by atoms with Gasteiger partial charge in [-0.25, -0.2) is 4.79 Å². The normalized spacial score (nSPS) is 11.6. The van der Waals surface area contributed by atoms with Gasteiger partial charge in [0.15, 0.2) is 0 Å². The van der Waals surface area contributed by atoms with Crippen molar-refractivity contribution in [3.05, 3.63) is 178 Å². The second-order valence-corrected chi connectivity index (χ2v) is 14.1. The van der Waals surface area contributed by atoms with Crippen LogP contribution in [0.3, 0.4) is 0 Å². The van der Waals surface area contributed by atoms with Crippen LogP contribution in [0.15, 0.2) is 155 Å². The molecule has 0 saturated heterocycles. The number of amides is 3. The second-order valence-electron chi connectivity index (χ2n) is 12.1. The lowest BCUT2D eigenvalue weighted by Crippen LogP contribution is -2.30. The molecule has 0 aliphatic heterocycles. The van der Waals surface area contributed by atoms with Crippen LogP contribution in [0.25, 0.3) is 17.2 Å². The fraction of sp³-hybridized carbons (Fsp3) is 0.0909. The fourth-order valence-corrected chi connectivity index (χ4v) is 7.64. The maximum atomic E-state index is 14.2. The summed E-state index contributed by atoms with van der Waals surface area (Å²) in [7, 11) is 0. The van der Waals surface area contributed by atoms with Crippen molar-refractivity contribution in [1.82, 2.24) is 5.32 Å². The van der Waals surface area contributed by atoms with Gasteiger partial charge in [-0.15, -0.1) is 23.1 Å². The molecule has 1 aromatic heterocycles. The molecule has 3 amide bonds. The molecule has 3 N–H and O–H groups in total. The molecule has 6 aromatic rings. The third kappa shape index (κ3) is 9.40. The molecular formula is C44H37N3O5S2. The lowest BCUT2D eigenvalue weighted by molar-refractivity contribution is -0.116. The number of thiophene rings is 1. The smallest absolute Gasteiger partial charge is 0.341 e. The van der Waals surface area contributed by atoms with Crippen molar-refractivity contribution in [2.45, 2.75) is 24.0 Å². The first-order chi connectivity index (χ1) is 26.3. The highest BCUT2D eigenvalue weighted by molar-refractivity contribution is 8.00. The van der Waals surface area contributed by atoms with E-state index in [9.17, 15) is 19.2 Å². The molecular weight excluding hydrogens is 715 g/mol. The Kier molecular flexibility index (Phi) is 12.5. The summed E-state index contributed by atoms with van der Waals surface area (Å²) in [6.07, 6.45) is 1.65. The molecule has 0 aliphatic carbocycles. The molecule has 1 heterocycles. The van der Waals surface area contributed by atoms with Crippen molar-refractivity contribution >= 4 is 63.6 Å². The predicted octanol–water partition coefficient (Wildman–Crippen LogP) is 9.78. The molecule has 0 spiro atoms. The Hall–Kier alpha value is -6.23. The Morgan fingerprint density at radius 3 is 2.15 bits per heavy atom. The van der Waals surface area contributed by atoms with E-state index < -0.39 is 23.0 Å². The summed E-state index contributed by atoms with van der Waals surface area (Å²) in [5, 5.41) is 10.2. The van der Waals surface area contributed by atoms with Gasteiger partial charge >= 0.3 is 5.97 Å². The summed E-state index contributed by atoms with van der Waals surface area (Å²) < 4.78 is 5.41. The molecule has 0 radical (unpaired) electrons. The number of thioether (sulfide) groups is 1. The van der Waals surface area contributed by atoms with Gasteiger partial charge in [0.1, 0.15) is 21.5 Å². The van der Waals surface area contributed by atoms with Gasteiger partial charge in [-0.1, -0.05) is 109 Å². The largest absolute Gasteiger partial charge is 0.462 e. The van der Waals surface area contributed by atoms with Gasteiger partial charge in [-0.05, 0) is 72.5 Å². The van der Waals surface area contributed by atoms with E-state index in [2.05, 4.69) is 16.0 Å². The first-order valence-corrected chi connectivity index (χ1v) is 19.0. The predicted molar refractivity (Wildman–Crippen MR) is 218 cm³/mol. The summed E-state index contributed by atoms with van der Waals surface area (Å²) in [4.78, 5) is 55.1. The quantitative estimate of drug-likeness (QED) is 0.0615. The van der Waals surface area contributed by atoms with E-state index in [-0.39, 0.29) is 18.2 Å². The van der Waals surface area contributed by atoms with E-state index >= 15 is 0 Å². The van der Waals surface area contributed by atoms with Gasteiger partial charge in [0.05, 0.1) is 6.61 Å². The summed E-state index contributed by atoms with van der Waals surface area (Å²) in [5.74, 6) is -1.78. The monoisotopic (exact) mass is 751 g/mol. The van der Waals surface area contributed by atoms with Crippen LogP contribution in [-0.2, 0) is 14.3 Å². The summed E-state index contributed by atoms with van der Waals surface area (Å²) in [6, 6.07) is 42.3. The molecule has 0 fully saturated rings. The zero-order valence-corrected chi connectivity index (χ0v) is 31.2. The SMILES string of the molecule is CCOC(=O)c1c(-c2ccccc2)csc1NC(=O)C(Sc1cccc(NC(=O)/C(=C/c2ccccc2C)NC(=O)c2ccccc2)c1)c1ccccc1. The Morgan fingerprint density at radius 2 is 1.44 bits per heavy atom. The molecule has 0 bridgehead atoms. The van der Waals surface area contributed by atoms with Crippen LogP contribution in [0.1, 0.15) is 49.6 Å². The number of ether oxygens (including phenoxy) is 1. The topological polar surface area (TPSA) is 114 Å². The number of rotatable bonds is 13. The lowest BCUT2D eigenvalue weighted by atomic mass is 10.0. The zero-order valence-electron chi connectivity index (χ0n) is 29.6. The van der Waals surface area contributed by atoms with Crippen molar-refractivity contribution in [2.24, 2.45) is 0 Å². The third-order valence-corrected chi connectivity index (χ3v) is 10.4. The average Bonchev–Trinajstić information content (AvgIpc) is 3.62. The number of aryl methyl sites for hydroxylation is 1. The van der Waals surface area contributed by atoms with Crippen molar-refractivity contribution in [2.75, 3.05) is 17.2 Å². The number of carbonyl (C=O) groups is 4. The number of hydrogen-bond acceptors (Lipinski definition) is 7. The van der Waals surface area contributed by atoms with Gasteiger partial charge in [0.25, 0.3) is 11.8 Å². The lowest BCUT2D eigenvalue weighted by Gasteiger charge is -2.18. The molecule has 270 valence electrons. The van der Waals surface area contributed by atoms with E-state index in [0.29, 0.717) is 32.3 Å². The minimum atomic E-state index is -0.726. The molecule has 54 heavy (non-hydrogen) atoms. The van der Waals surface area contributed by atoms with Crippen LogP contribution in [-0.4, -0.2) is 30.3 Å². The highest BCUT2D eigenvalue weighted by atomic mass is 32.2. The van der Waals surface area contributed by atoms with Gasteiger partial charge in [0.2, 0.25) is 5.91 Å². The fourth-order valence-electron chi connectivity index (χ4n) is 5.59. The van der Waals surface area contributed by atoms with Crippen molar-refractivity contribution < 1.29 is 23.9 Å². The van der Waals surface area contributed by atoms with Crippen LogP contribution in [0.4, 0.5) is 10.7 Å². The molecule has 1 unspecified atom stereocenters. The number of nitrogens with one attached hydrogen (secondary N) is 3. The maximum absolute atomic E-state index is 14.2. The van der Waals surface area contributed by atoms with Crippen molar-refractivity contribution in [3.63, 3.8) is 0 Å². The van der Waals surface area contributed by atoms with Crippen LogP contribution < -0.4 is 16.0 Å². The molecule has 6 rings (SSSR count). The summed E-state index contributed by atoms with van der Waals surface area (Å²) >= 11 is 2.56. The standard InChI is InChI=1S/C44H37N3O5S2/c1-3-52-44(51)38-36(30-17-7-4-8-18-30)28-53-43(38)47-42(50)39(31-19-9-5-10-20-31)54-35-25-15-24-34(27-35)45-41(49)37(26-33-23-14-13-16-29(33)2)46-40(48)32-21-11-6-12-22-32/h4-28,39H,3H2,1-2H3,(H,45,49)(H,46,48)(H,47,50)/b37-26-. The Morgan fingerprint density at radius 1 is 0.778 bits per heavy atom. The van der Waals surface area contributed by atoms with E-state index in [0.717, 1.165) is 22.3 Å². The number of hydrogen-bond donors (Lipinski definition) is 3. The van der Waals surface area contributed by atoms with Crippen molar-refractivity contribution in [3.8, 4) is 11.1 Å². The van der Waals surface area contributed by atoms with Gasteiger partial charge in [-0.2, -0.15) is 0 Å². The molecule has 0 saturated carbocycles. The highest BCUT2D eigenvalue weighted by Crippen LogP contribution is 2.40. The van der Waals surface area contributed by atoms with Crippen LogP contribution >= 0.6 is 23.1 Å². The van der Waals surface area contributed by atoms with E-state index in [1.54, 1.807) is 55.5 Å². The highest BCUT2D eigenvalue weighted by Gasteiger charge is 2.27. The molecule has 8 nitrogen and oxygen atoms in total. The molecule has 0 aliphatic rings. The number of anilines is 2. The average molecular weight is 752 g/mol. The van der Waals surface area contributed by atoms with E-state index in [1.807, 2.05) is 109 Å².